The molecule has 53 valence electrons. The van der Waals surface area contributed by atoms with E-state index >= 15 is 0 Å². The number of hydrogen-bond donors (Lipinski definition) is 0. The highest BCUT2D eigenvalue weighted by atomic mass is 79.9. The highest BCUT2D eigenvalue weighted by Crippen LogP contribution is 2.10. The standard InChI is InChI=1S/C8H9BrN/c1-2-3-7-4-8(9)6-10-5-7/h4-6H,1-3H2. The van der Waals surface area contributed by atoms with Gasteiger partial charge in [-0.2, -0.15) is 0 Å². The zero-order chi connectivity index (χ0) is 7.40. The first kappa shape index (κ1) is 7.73. The lowest BCUT2D eigenvalue weighted by Gasteiger charge is -1.96. The summed E-state index contributed by atoms with van der Waals surface area (Å²) in [6.45, 7) is 3.77. The summed E-state index contributed by atoms with van der Waals surface area (Å²) in [4.78, 5) is 4.03. The molecule has 0 spiro atoms. The molecule has 10 heavy (non-hydrogen) atoms. The number of halogens is 1. The van der Waals surface area contributed by atoms with Crippen molar-refractivity contribution >= 4 is 15.9 Å². The smallest absolute Gasteiger partial charge is 0.0410 e. The second-order valence-corrected chi connectivity index (χ2v) is 3.03. The lowest BCUT2D eigenvalue weighted by atomic mass is 10.2. The van der Waals surface area contributed by atoms with Gasteiger partial charge in [-0.05, 0) is 40.4 Å². The van der Waals surface area contributed by atoms with Crippen LogP contribution < -0.4 is 0 Å². The number of aromatic nitrogens is 1. The topological polar surface area (TPSA) is 12.9 Å². The lowest BCUT2D eigenvalue weighted by molar-refractivity contribution is 0.983. The zero-order valence-electron chi connectivity index (χ0n) is 5.68. The molecule has 0 aliphatic heterocycles. The van der Waals surface area contributed by atoms with Crippen LogP contribution in [0.5, 0.6) is 0 Å². The quantitative estimate of drug-likeness (QED) is 0.713. The third-order valence-corrected chi connectivity index (χ3v) is 1.66. The van der Waals surface area contributed by atoms with E-state index in [1.165, 1.54) is 5.56 Å². The van der Waals surface area contributed by atoms with Crippen molar-refractivity contribution in [3.8, 4) is 0 Å². The van der Waals surface area contributed by atoms with Gasteiger partial charge in [-0.25, -0.2) is 0 Å². The molecule has 0 saturated carbocycles. The summed E-state index contributed by atoms with van der Waals surface area (Å²) in [5.41, 5.74) is 1.24. The fraction of sp³-hybridized carbons (Fsp3) is 0.250. The van der Waals surface area contributed by atoms with E-state index in [4.69, 9.17) is 0 Å². The molecule has 0 saturated heterocycles. The highest BCUT2D eigenvalue weighted by Gasteiger charge is 1.91. The van der Waals surface area contributed by atoms with Gasteiger partial charge >= 0.3 is 0 Å². The van der Waals surface area contributed by atoms with Gasteiger partial charge in [0.15, 0.2) is 0 Å². The van der Waals surface area contributed by atoms with Crippen LogP contribution >= 0.6 is 15.9 Å². The number of rotatable bonds is 2. The molecule has 0 N–H and O–H groups in total. The van der Waals surface area contributed by atoms with Crippen LogP contribution in [0.2, 0.25) is 0 Å². The van der Waals surface area contributed by atoms with Gasteiger partial charge < -0.3 is 0 Å². The van der Waals surface area contributed by atoms with Crippen LogP contribution in [0.15, 0.2) is 22.9 Å². The van der Waals surface area contributed by atoms with Gasteiger partial charge in [0, 0.05) is 16.9 Å². The first-order chi connectivity index (χ1) is 4.83. The Kier molecular flexibility index (Phi) is 2.87. The van der Waals surface area contributed by atoms with Crippen molar-refractivity contribution in [3.63, 3.8) is 0 Å². The van der Waals surface area contributed by atoms with Gasteiger partial charge in [-0.3, -0.25) is 4.98 Å². The Bertz CT molecular complexity index is 210. The summed E-state index contributed by atoms with van der Waals surface area (Å²) < 4.78 is 1.04. The van der Waals surface area contributed by atoms with Crippen molar-refractivity contribution in [2.75, 3.05) is 0 Å². The van der Waals surface area contributed by atoms with Crippen LogP contribution in [0.4, 0.5) is 0 Å². The Morgan fingerprint density at radius 3 is 2.90 bits per heavy atom. The fourth-order valence-electron chi connectivity index (χ4n) is 0.797. The van der Waals surface area contributed by atoms with Gasteiger partial charge in [0.1, 0.15) is 0 Å². The zero-order valence-corrected chi connectivity index (χ0v) is 7.26. The Labute approximate surface area is 69.6 Å². The molecule has 0 bridgehead atoms. The minimum Gasteiger partial charge on any atom is -0.263 e. The molecule has 0 aromatic carbocycles. The molecule has 0 aliphatic carbocycles. The molecule has 1 rings (SSSR count). The fourth-order valence-corrected chi connectivity index (χ4v) is 1.21. The van der Waals surface area contributed by atoms with Crippen LogP contribution in [0.25, 0.3) is 0 Å². The predicted octanol–water partition coefficient (Wildman–Crippen LogP) is 2.61. The molecule has 2 heteroatoms. The molecule has 1 heterocycles. The number of aryl methyl sites for hydroxylation is 1. The summed E-state index contributed by atoms with van der Waals surface area (Å²) in [5.74, 6) is 0. The minimum atomic E-state index is 0.929. The highest BCUT2D eigenvalue weighted by molar-refractivity contribution is 9.10. The first-order valence-corrected chi connectivity index (χ1v) is 4.01. The first-order valence-electron chi connectivity index (χ1n) is 3.21. The van der Waals surface area contributed by atoms with E-state index in [1.807, 2.05) is 6.20 Å². The molecule has 0 amide bonds. The van der Waals surface area contributed by atoms with E-state index in [0.29, 0.717) is 0 Å². The van der Waals surface area contributed by atoms with E-state index < -0.39 is 0 Å². The summed E-state index contributed by atoms with van der Waals surface area (Å²) >= 11 is 3.35. The Morgan fingerprint density at radius 1 is 1.50 bits per heavy atom. The van der Waals surface area contributed by atoms with Gasteiger partial charge in [0.2, 0.25) is 0 Å². The van der Waals surface area contributed by atoms with Crippen LogP contribution in [-0.2, 0) is 6.42 Å². The van der Waals surface area contributed by atoms with Crippen LogP contribution in [0.1, 0.15) is 12.0 Å². The van der Waals surface area contributed by atoms with Gasteiger partial charge in [-0.15, -0.1) is 0 Å². The van der Waals surface area contributed by atoms with Crippen molar-refractivity contribution in [1.82, 2.24) is 4.98 Å². The summed E-state index contributed by atoms with van der Waals surface area (Å²) in [6.07, 6.45) is 5.59. The number of hydrogen-bond acceptors (Lipinski definition) is 1. The van der Waals surface area contributed by atoms with Crippen molar-refractivity contribution in [3.05, 3.63) is 35.4 Å². The SMILES string of the molecule is [CH2]CCc1cncc(Br)c1. The monoisotopic (exact) mass is 198 g/mol. The van der Waals surface area contributed by atoms with E-state index in [9.17, 15) is 0 Å². The average molecular weight is 199 g/mol. The number of nitrogens with zero attached hydrogens (tertiary/aromatic N) is 1. The third-order valence-electron chi connectivity index (χ3n) is 1.23. The van der Waals surface area contributed by atoms with Crippen molar-refractivity contribution < 1.29 is 0 Å². The molecule has 0 fully saturated rings. The second-order valence-electron chi connectivity index (χ2n) is 2.11. The van der Waals surface area contributed by atoms with E-state index in [1.54, 1.807) is 6.20 Å². The molecular weight excluding hydrogens is 190 g/mol. The number of pyridine rings is 1. The molecule has 1 aromatic rings. The third kappa shape index (κ3) is 2.10. The summed E-state index contributed by atoms with van der Waals surface area (Å²) in [6, 6.07) is 2.07. The minimum absolute atomic E-state index is 0.929. The second kappa shape index (κ2) is 3.71. The Morgan fingerprint density at radius 2 is 2.30 bits per heavy atom. The van der Waals surface area contributed by atoms with Crippen LogP contribution in [-0.4, -0.2) is 4.98 Å². The summed E-state index contributed by atoms with van der Waals surface area (Å²) in [7, 11) is 0. The van der Waals surface area contributed by atoms with E-state index in [2.05, 4.69) is 33.9 Å². The largest absolute Gasteiger partial charge is 0.263 e. The van der Waals surface area contributed by atoms with Gasteiger partial charge in [0.05, 0.1) is 0 Å². The average Bonchev–Trinajstić information content (AvgIpc) is 1.88. The summed E-state index contributed by atoms with van der Waals surface area (Å²) in [5, 5.41) is 0. The molecule has 0 aliphatic rings. The molecular formula is C8H9BrN. The molecule has 0 atom stereocenters. The normalized spacial score (nSPS) is 9.80. The maximum Gasteiger partial charge on any atom is 0.0410 e. The van der Waals surface area contributed by atoms with Gasteiger partial charge in [0.25, 0.3) is 0 Å². The molecule has 1 aromatic heterocycles. The maximum absolute atomic E-state index is 4.03. The van der Waals surface area contributed by atoms with Crippen molar-refractivity contribution in [2.45, 2.75) is 12.8 Å². The molecule has 0 unspecified atom stereocenters. The lowest BCUT2D eigenvalue weighted by Crippen LogP contribution is -1.83. The van der Waals surface area contributed by atoms with Crippen molar-refractivity contribution in [1.29, 1.82) is 0 Å². The van der Waals surface area contributed by atoms with Crippen LogP contribution in [0, 0.1) is 6.92 Å². The Balaban J connectivity index is 2.75. The van der Waals surface area contributed by atoms with Crippen LogP contribution in [0.3, 0.4) is 0 Å². The van der Waals surface area contributed by atoms with E-state index in [-0.39, 0.29) is 0 Å². The predicted molar refractivity (Wildman–Crippen MR) is 45.6 cm³/mol. The Hall–Kier alpha value is -0.370. The van der Waals surface area contributed by atoms with Gasteiger partial charge in [-0.1, -0.05) is 6.92 Å². The van der Waals surface area contributed by atoms with Crippen molar-refractivity contribution in [2.24, 2.45) is 0 Å². The molecule has 1 nitrogen and oxygen atoms in total. The molecule has 1 radical (unpaired) electrons. The van der Waals surface area contributed by atoms with E-state index in [0.717, 1.165) is 17.3 Å². The maximum atomic E-state index is 4.03.